The first kappa shape index (κ1) is 13.8. The number of rotatable bonds is 3. The molecular formula is C18H15N7. The van der Waals surface area contributed by atoms with E-state index < -0.39 is 0 Å². The Morgan fingerprint density at radius 3 is 2.68 bits per heavy atom. The predicted octanol–water partition coefficient (Wildman–Crippen LogP) is 2.51. The average Bonchev–Trinajstić information content (AvgIpc) is 3.34. The SMILES string of the molecule is c1ccc(Nc2nc3cc(C4=NNNN4)ccc3n3cccc23)cc1. The molecule has 0 unspecified atom stereocenters. The van der Waals surface area contributed by atoms with E-state index in [-0.39, 0.29) is 0 Å². The van der Waals surface area contributed by atoms with Crippen molar-refractivity contribution in [1.29, 1.82) is 0 Å². The fourth-order valence-electron chi connectivity index (χ4n) is 3.01. The molecule has 0 amide bonds. The summed E-state index contributed by atoms with van der Waals surface area (Å²) in [5.74, 6) is 1.55. The van der Waals surface area contributed by atoms with Crippen LogP contribution >= 0.6 is 0 Å². The molecule has 4 N–H and O–H groups in total. The Hall–Kier alpha value is -3.58. The minimum atomic E-state index is 0.730. The van der Waals surface area contributed by atoms with Gasteiger partial charge in [0.1, 0.15) is 0 Å². The summed E-state index contributed by atoms with van der Waals surface area (Å²) in [7, 11) is 0. The normalized spacial score (nSPS) is 13.5. The molecule has 0 spiro atoms. The number of para-hydroxylation sites is 1. The molecule has 0 saturated carbocycles. The van der Waals surface area contributed by atoms with Crippen molar-refractivity contribution >= 4 is 33.9 Å². The zero-order valence-corrected chi connectivity index (χ0v) is 13.2. The monoisotopic (exact) mass is 329 g/mol. The van der Waals surface area contributed by atoms with Crippen molar-refractivity contribution in [3.8, 4) is 0 Å². The molecule has 0 bridgehead atoms. The van der Waals surface area contributed by atoms with Gasteiger partial charge in [-0.05, 0) is 42.5 Å². The molecule has 0 atom stereocenters. The first-order valence-corrected chi connectivity index (χ1v) is 7.95. The molecular weight excluding hydrogens is 314 g/mol. The van der Waals surface area contributed by atoms with Gasteiger partial charge in [0.15, 0.2) is 11.7 Å². The molecule has 3 heterocycles. The maximum absolute atomic E-state index is 4.85. The summed E-state index contributed by atoms with van der Waals surface area (Å²) in [6.45, 7) is 0. The van der Waals surface area contributed by atoms with Crippen LogP contribution in [0.2, 0.25) is 0 Å². The van der Waals surface area contributed by atoms with E-state index in [2.05, 4.69) is 43.4 Å². The Bertz CT molecular complexity index is 1100. The van der Waals surface area contributed by atoms with Gasteiger partial charge >= 0.3 is 0 Å². The van der Waals surface area contributed by atoms with Crippen LogP contribution in [0, 0.1) is 0 Å². The maximum atomic E-state index is 4.85. The van der Waals surface area contributed by atoms with Crippen LogP contribution in [0.5, 0.6) is 0 Å². The fraction of sp³-hybridized carbons (Fsp3) is 0. The lowest BCUT2D eigenvalue weighted by atomic mass is 10.1. The first-order valence-electron chi connectivity index (χ1n) is 7.95. The van der Waals surface area contributed by atoms with Crippen LogP contribution in [0.4, 0.5) is 11.5 Å². The smallest absolute Gasteiger partial charge is 0.170 e. The molecule has 7 heteroatoms. The highest BCUT2D eigenvalue weighted by molar-refractivity contribution is 6.01. The quantitative estimate of drug-likeness (QED) is 0.465. The standard InChI is InChI=1S/C18H15N7/c1-2-5-13(6-3-1)19-18-16-7-4-10-25(16)15-9-8-12(11-14(15)20-18)17-21-23-24-22-17/h1-11,23-24H,(H,19,20)(H,21,22). The van der Waals surface area contributed by atoms with E-state index in [9.17, 15) is 0 Å². The molecule has 122 valence electrons. The topological polar surface area (TPSA) is 77.8 Å². The van der Waals surface area contributed by atoms with E-state index in [1.54, 1.807) is 0 Å². The lowest BCUT2D eigenvalue weighted by Crippen LogP contribution is -2.35. The third-order valence-corrected chi connectivity index (χ3v) is 4.17. The van der Waals surface area contributed by atoms with Crippen LogP contribution in [0.3, 0.4) is 0 Å². The van der Waals surface area contributed by atoms with E-state index in [4.69, 9.17) is 4.98 Å². The molecule has 1 aliphatic rings. The number of benzene rings is 2. The summed E-state index contributed by atoms with van der Waals surface area (Å²) < 4.78 is 2.14. The van der Waals surface area contributed by atoms with Crippen molar-refractivity contribution in [3.05, 3.63) is 72.4 Å². The number of nitrogens with zero attached hydrogens (tertiary/aromatic N) is 3. The first-order chi connectivity index (χ1) is 12.4. The van der Waals surface area contributed by atoms with Gasteiger partial charge in [0.05, 0.1) is 16.6 Å². The van der Waals surface area contributed by atoms with E-state index in [1.165, 1.54) is 0 Å². The maximum Gasteiger partial charge on any atom is 0.170 e. The number of hydrogen-bond donors (Lipinski definition) is 4. The van der Waals surface area contributed by atoms with Crippen molar-refractivity contribution in [3.63, 3.8) is 0 Å². The van der Waals surface area contributed by atoms with Gasteiger partial charge in [0, 0.05) is 17.4 Å². The van der Waals surface area contributed by atoms with Crippen molar-refractivity contribution in [2.24, 2.45) is 5.10 Å². The zero-order valence-electron chi connectivity index (χ0n) is 13.2. The Morgan fingerprint density at radius 1 is 0.920 bits per heavy atom. The van der Waals surface area contributed by atoms with Gasteiger partial charge in [-0.1, -0.05) is 18.2 Å². The molecule has 25 heavy (non-hydrogen) atoms. The van der Waals surface area contributed by atoms with Crippen molar-refractivity contribution < 1.29 is 0 Å². The number of amidine groups is 1. The van der Waals surface area contributed by atoms with Gasteiger partial charge < -0.3 is 9.72 Å². The minimum absolute atomic E-state index is 0.730. The molecule has 0 aliphatic carbocycles. The lowest BCUT2D eigenvalue weighted by Gasteiger charge is -2.11. The van der Waals surface area contributed by atoms with Gasteiger partial charge in [-0.2, -0.15) is 0 Å². The van der Waals surface area contributed by atoms with E-state index >= 15 is 0 Å². The summed E-state index contributed by atoms with van der Waals surface area (Å²) in [6, 6.07) is 20.2. The van der Waals surface area contributed by atoms with Crippen LogP contribution in [-0.4, -0.2) is 15.2 Å². The number of aromatic nitrogens is 2. The van der Waals surface area contributed by atoms with Crippen LogP contribution < -0.4 is 21.8 Å². The molecule has 2 aromatic heterocycles. The molecule has 0 fully saturated rings. The van der Waals surface area contributed by atoms with Crippen LogP contribution in [0.25, 0.3) is 16.6 Å². The van der Waals surface area contributed by atoms with E-state index in [0.717, 1.165) is 39.5 Å². The Labute approximate surface area is 143 Å². The molecule has 5 rings (SSSR count). The molecule has 1 aliphatic heterocycles. The summed E-state index contributed by atoms with van der Waals surface area (Å²) in [6.07, 6.45) is 2.05. The number of fused-ring (bicyclic) bond motifs is 3. The highest BCUT2D eigenvalue weighted by atomic mass is 15.8. The van der Waals surface area contributed by atoms with Crippen molar-refractivity contribution in [2.45, 2.75) is 0 Å². The highest BCUT2D eigenvalue weighted by Gasteiger charge is 2.12. The second-order valence-corrected chi connectivity index (χ2v) is 5.74. The fourth-order valence-corrected chi connectivity index (χ4v) is 3.01. The molecule has 7 nitrogen and oxygen atoms in total. The Kier molecular flexibility index (Phi) is 3.04. The van der Waals surface area contributed by atoms with Crippen LogP contribution in [-0.2, 0) is 0 Å². The van der Waals surface area contributed by atoms with Gasteiger partial charge in [-0.3, -0.25) is 5.43 Å². The van der Waals surface area contributed by atoms with Gasteiger partial charge in [0.25, 0.3) is 0 Å². The lowest BCUT2D eigenvalue weighted by molar-refractivity contribution is 0.577. The van der Waals surface area contributed by atoms with Crippen molar-refractivity contribution in [1.82, 2.24) is 25.9 Å². The molecule has 2 aromatic carbocycles. The summed E-state index contributed by atoms with van der Waals surface area (Å²) in [5.41, 5.74) is 13.3. The highest BCUT2D eigenvalue weighted by Crippen LogP contribution is 2.26. The van der Waals surface area contributed by atoms with Crippen LogP contribution in [0.1, 0.15) is 5.56 Å². The third-order valence-electron chi connectivity index (χ3n) is 4.17. The van der Waals surface area contributed by atoms with E-state index in [1.807, 2.05) is 54.7 Å². The number of hydrazine groups is 2. The second kappa shape index (κ2) is 5.50. The average molecular weight is 329 g/mol. The number of hydrogen-bond acceptors (Lipinski definition) is 6. The number of anilines is 2. The number of nitrogens with one attached hydrogen (secondary N) is 4. The Balaban J connectivity index is 1.68. The largest absolute Gasteiger partial charge is 0.338 e. The van der Waals surface area contributed by atoms with Crippen LogP contribution in [0.15, 0.2) is 72.0 Å². The summed E-state index contributed by atoms with van der Waals surface area (Å²) >= 11 is 0. The molecule has 0 saturated heterocycles. The van der Waals surface area contributed by atoms with Crippen molar-refractivity contribution in [2.75, 3.05) is 5.32 Å². The molecule has 0 radical (unpaired) electrons. The third kappa shape index (κ3) is 2.34. The predicted molar refractivity (Wildman–Crippen MR) is 98.4 cm³/mol. The zero-order chi connectivity index (χ0) is 16.6. The van der Waals surface area contributed by atoms with Gasteiger partial charge in [0.2, 0.25) is 0 Å². The Morgan fingerprint density at radius 2 is 1.84 bits per heavy atom. The minimum Gasteiger partial charge on any atom is -0.338 e. The number of hydrazone groups is 1. The summed E-state index contributed by atoms with van der Waals surface area (Å²) in [5, 5.41) is 7.56. The second-order valence-electron chi connectivity index (χ2n) is 5.74. The van der Waals surface area contributed by atoms with Gasteiger partial charge in [-0.25, -0.2) is 10.5 Å². The van der Waals surface area contributed by atoms with E-state index in [0.29, 0.717) is 0 Å². The molecule has 4 aromatic rings. The summed E-state index contributed by atoms with van der Waals surface area (Å²) in [4.78, 5) is 4.85. The van der Waals surface area contributed by atoms with Gasteiger partial charge in [-0.15, -0.1) is 10.6 Å².